The number of anilines is 4. The topological polar surface area (TPSA) is 235 Å². The summed E-state index contributed by atoms with van der Waals surface area (Å²) in [5.74, 6) is 1.15. The molecule has 2 aliphatic heterocycles. The molecule has 7 heterocycles. The smallest absolute Gasteiger partial charge is 0.355 e. The molecule has 95 heavy (non-hydrogen) atoms. The van der Waals surface area contributed by atoms with E-state index in [1.807, 2.05) is 72.3 Å². The Kier molecular flexibility index (Phi) is 19.4. The van der Waals surface area contributed by atoms with Gasteiger partial charge in [0.15, 0.2) is 22.5 Å². The number of ether oxygens (including phenoxy) is 2. The molecule has 5 saturated carbocycles. The molecule has 2 unspecified atom stereocenters. The number of nitrogens with one attached hydrogen (secondary N) is 3. The van der Waals surface area contributed by atoms with Gasteiger partial charge >= 0.3 is 5.97 Å². The molecule has 0 spiro atoms. The predicted molar refractivity (Wildman–Crippen MR) is 371 cm³/mol. The van der Waals surface area contributed by atoms with E-state index in [0.29, 0.717) is 66.3 Å². The largest absolute Gasteiger partial charge is 0.494 e. The van der Waals surface area contributed by atoms with Crippen LogP contribution >= 0.6 is 22.7 Å². The number of amides is 2. The normalized spacial score (nSPS) is 23.9. The number of ketones is 1. The second-order valence-corrected chi connectivity index (χ2v) is 31.2. The Hall–Kier alpha value is -7.24. The van der Waals surface area contributed by atoms with Crippen molar-refractivity contribution in [2.45, 2.75) is 187 Å². The zero-order chi connectivity index (χ0) is 66.2. The minimum absolute atomic E-state index is 0.00715. The van der Waals surface area contributed by atoms with Gasteiger partial charge < -0.3 is 45.2 Å². The number of unbranched alkanes of at least 4 members (excludes halogenated alkanes) is 3. The molecular weight excluding hydrogens is 1240 g/mol. The summed E-state index contributed by atoms with van der Waals surface area (Å²) in [6.07, 6.45) is 20.9. The van der Waals surface area contributed by atoms with E-state index in [2.05, 4.69) is 64.5 Å². The van der Waals surface area contributed by atoms with Crippen LogP contribution in [0.5, 0.6) is 5.75 Å². The number of carbonyl (C=O) groups excluding carboxylic acids is 3. The molecule has 504 valence electrons. The predicted octanol–water partition coefficient (Wildman–Crippen LogP) is 13.2. The molecule has 4 N–H and O–H groups in total. The quantitative estimate of drug-likeness (QED) is 0.0277. The molecule has 6 fully saturated rings. The van der Waals surface area contributed by atoms with E-state index in [0.717, 1.165) is 178 Å². The van der Waals surface area contributed by atoms with Crippen LogP contribution < -0.4 is 25.6 Å². The molecule has 22 heteroatoms. The fourth-order valence-electron chi connectivity index (χ4n) is 18.0. The summed E-state index contributed by atoms with van der Waals surface area (Å²) >= 11 is 3.00. The Bertz CT molecular complexity index is 3920. The second-order valence-electron chi connectivity index (χ2n) is 29.3. The summed E-state index contributed by atoms with van der Waals surface area (Å²) in [6, 6.07) is 18.0. The lowest BCUT2D eigenvalue weighted by atomic mass is 9.39. The van der Waals surface area contributed by atoms with Gasteiger partial charge in [-0.05, 0) is 190 Å². The molecule has 14 rings (SSSR count). The van der Waals surface area contributed by atoms with Crippen molar-refractivity contribution in [1.82, 2.24) is 55.4 Å². The maximum Gasteiger partial charge on any atom is 0.355 e. The molecule has 1 saturated heterocycles. The minimum atomic E-state index is -1.09. The third kappa shape index (κ3) is 14.2. The highest BCUT2D eigenvalue weighted by molar-refractivity contribution is 7.22. The van der Waals surface area contributed by atoms with Crippen molar-refractivity contribution in [3.05, 3.63) is 111 Å². The van der Waals surface area contributed by atoms with Crippen LogP contribution in [-0.4, -0.2) is 145 Å². The van der Waals surface area contributed by atoms with Crippen molar-refractivity contribution in [2.75, 3.05) is 63.7 Å². The lowest BCUT2D eigenvalue weighted by Crippen LogP contribution is -2.64. The number of carboxylic acids is 1. The molecule has 7 aromatic rings. The van der Waals surface area contributed by atoms with Crippen LogP contribution in [0.3, 0.4) is 0 Å². The summed E-state index contributed by atoms with van der Waals surface area (Å²) in [6.45, 7) is 16.0. The lowest BCUT2D eigenvalue weighted by molar-refractivity contribution is -0.248. The Balaban J connectivity index is 0.570. The maximum absolute atomic E-state index is 14.3. The van der Waals surface area contributed by atoms with Gasteiger partial charge in [-0.2, -0.15) is 5.10 Å². The Morgan fingerprint density at radius 1 is 0.821 bits per heavy atom. The van der Waals surface area contributed by atoms with Crippen molar-refractivity contribution < 1.29 is 33.8 Å². The Morgan fingerprint density at radius 3 is 2.41 bits per heavy atom. The van der Waals surface area contributed by atoms with E-state index in [1.165, 1.54) is 17.8 Å². The van der Waals surface area contributed by atoms with Crippen LogP contribution in [0, 0.1) is 36.0 Å². The first-order valence-corrected chi connectivity index (χ1v) is 36.4. The van der Waals surface area contributed by atoms with Crippen LogP contribution in [0.4, 0.5) is 22.6 Å². The van der Waals surface area contributed by atoms with Crippen LogP contribution in [0.25, 0.3) is 21.3 Å². The van der Waals surface area contributed by atoms with E-state index in [4.69, 9.17) is 34.6 Å². The molecule has 5 atom stereocenters. The first-order chi connectivity index (χ1) is 45.8. The third-order valence-electron chi connectivity index (χ3n) is 21.6. The van der Waals surface area contributed by atoms with E-state index in [9.17, 15) is 24.3 Å². The van der Waals surface area contributed by atoms with E-state index in [1.54, 1.807) is 35.9 Å². The Labute approximate surface area is 565 Å². The number of likely N-dealkylation sites (N-methyl/N-ethyl adjacent to an activating group) is 2. The summed E-state index contributed by atoms with van der Waals surface area (Å²) in [7, 11) is 3.95. The SMILES string of the molecule is CN[C@@H](C)C(=O)N[C@H](C(=O)N1CCC[C@H]1c1nc(C(=O)c2cccc(OCCCCCCN(C)CCOC34CC5(C)CC(C)(CC(Cn6ncc(-c7ccc(N8CCCc9c8nnc(Nc8nc%10ccccc%10s8)c9C)nc7C(=O)O)c6C)(C5)C3)C4)c2)cs1)C1CCCCC1. The summed E-state index contributed by atoms with van der Waals surface area (Å²) in [5, 5.41) is 37.9. The van der Waals surface area contributed by atoms with Crippen LogP contribution in [0.15, 0.2) is 72.2 Å². The van der Waals surface area contributed by atoms with Gasteiger partial charge in [-0.25, -0.2) is 19.7 Å². The van der Waals surface area contributed by atoms with Gasteiger partial charge in [-0.3, -0.25) is 19.1 Å². The number of para-hydroxylation sites is 1. The van der Waals surface area contributed by atoms with Crippen molar-refractivity contribution in [1.29, 1.82) is 0 Å². The first-order valence-electron chi connectivity index (χ1n) is 34.7. The highest BCUT2D eigenvalue weighted by Crippen LogP contribution is 2.72. The number of benzene rings is 2. The van der Waals surface area contributed by atoms with Gasteiger partial charge in [-0.15, -0.1) is 21.5 Å². The average molecular weight is 1330 g/mol. The van der Waals surface area contributed by atoms with Gasteiger partial charge in [-0.1, -0.05) is 81.6 Å². The number of aromatic carboxylic acids is 1. The van der Waals surface area contributed by atoms with Gasteiger partial charge in [0.2, 0.25) is 17.6 Å². The number of hydrogen-bond acceptors (Lipinski definition) is 18. The molecule has 7 aliphatic rings. The number of carbonyl (C=O) groups is 4. The van der Waals surface area contributed by atoms with Crippen molar-refractivity contribution in [2.24, 2.45) is 22.2 Å². The zero-order valence-corrected chi connectivity index (χ0v) is 57.9. The van der Waals surface area contributed by atoms with Gasteiger partial charge in [0.25, 0.3) is 0 Å². The number of nitrogens with zero attached hydrogens (tertiary/aromatic N) is 10. The van der Waals surface area contributed by atoms with Gasteiger partial charge in [0, 0.05) is 65.1 Å². The molecule has 2 amide bonds. The third-order valence-corrected chi connectivity index (χ3v) is 23.5. The molecule has 5 aromatic heterocycles. The second kappa shape index (κ2) is 27.7. The van der Waals surface area contributed by atoms with Crippen molar-refractivity contribution >= 4 is 79.0 Å². The number of fused-ring (bicyclic) bond motifs is 2. The molecule has 20 nitrogen and oxygen atoms in total. The summed E-state index contributed by atoms with van der Waals surface area (Å²) in [5.41, 5.74) is 6.20. The fourth-order valence-corrected chi connectivity index (χ4v) is 19.8. The highest BCUT2D eigenvalue weighted by atomic mass is 32.1. The fraction of sp³-hybridized carbons (Fsp3) is 0.562. The van der Waals surface area contributed by atoms with Gasteiger partial charge in [0.1, 0.15) is 28.3 Å². The number of carboxylic acid groups (broad SMARTS) is 1. The van der Waals surface area contributed by atoms with E-state index >= 15 is 0 Å². The van der Waals surface area contributed by atoms with Crippen LogP contribution in [0.1, 0.15) is 191 Å². The van der Waals surface area contributed by atoms with Crippen molar-refractivity contribution in [3.8, 4) is 16.9 Å². The summed E-state index contributed by atoms with van der Waals surface area (Å²) in [4.78, 5) is 75.2. The Morgan fingerprint density at radius 2 is 1.62 bits per heavy atom. The minimum Gasteiger partial charge on any atom is -0.494 e. The average Bonchev–Trinajstić information content (AvgIpc) is 0.821. The van der Waals surface area contributed by atoms with E-state index < -0.39 is 18.1 Å². The maximum atomic E-state index is 14.3. The number of rotatable bonds is 27. The number of thiazole rings is 2. The number of likely N-dealkylation sites (tertiary alicyclic amines) is 1. The molecule has 4 bridgehead atoms. The van der Waals surface area contributed by atoms with E-state index in [-0.39, 0.29) is 57.1 Å². The highest BCUT2D eigenvalue weighted by Gasteiger charge is 2.66. The van der Waals surface area contributed by atoms with Crippen LogP contribution in [-0.2, 0) is 27.3 Å². The number of hydrogen-bond donors (Lipinski definition) is 4. The van der Waals surface area contributed by atoms with Crippen molar-refractivity contribution in [3.63, 3.8) is 0 Å². The summed E-state index contributed by atoms with van der Waals surface area (Å²) < 4.78 is 16.6. The molecule has 2 aromatic carbocycles. The standard InChI is InChI=1S/C73H93N13O7S2/c1-46-52-24-18-32-85(64(52)82-81-63(46)80-69-77-55-25-13-14-27-58(55)95-69)59-29-28-53(61(78-59)68(90)91)54-37-75-86(48(54)3)45-72-40-70(4)39-71(5,41-72)43-73(42-70,44-72)93-35-33-83(7)30-15-8-9-16-34-92-51-23-17-22-50(36-51)62(87)56-38-94-66(76-56)57-26-19-31-84(57)67(89)60(49-20-11-10-12-21-49)79-65(88)47(2)74-6/h13-14,17,22-23,25,27-29,36-38,47,49,57,60,74H,8-12,15-16,18-21,24,26,30-35,39-45H2,1-7H3,(H,79,88)(H,90,91)(H,77,80,81)/t47-,57-,60-,70?,71?,72?,73?/m0/s1. The zero-order valence-electron chi connectivity index (χ0n) is 56.3. The number of pyridine rings is 1. The van der Waals surface area contributed by atoms with Gasteiger partial charge in [0.05, 0.1) is 47.3 Å². The monoisotopic (exact) mass is 1330 g/mol. The number of aromatic nitrogens is 7. The van der Waals surface area contributed by atoms with Crippen LogP contribution in [0.2, 0.25) is 0 Å². The first kappa shape index (κ1) is 66.4. The molecule has 5 aliphatic carbocycles. The molecular formula is C73H93N13O7S2. The lowest BCUT2D eigenvalue weighted by Gasteiger charge is -2.69. The molecule has 0 radical (unpaired) electrons.